The van der Waals surface area contributed by atoms with Crippen LogP contribution >= 0.6 is 23.5 Å². The average Bonchev–Trinajstić information content (AvgIpc) is 2.64. The topological polar surface area (TPSA) is 9.23 Å². The predicted molar refractivity (Wildman–Crippen MR) is 54.1 cm³/mol. The van der Waals surface area contributed by atoms with E-state index in [1.165, 1.54) is 23.0 Å². The summed E-state index contributed by atoms with van der Waals surface area (Å²) in [5.41, 5.74) is 0. The zero-order valence-electron chi connectivity index (χ0n) is 6.62. The van der Waals surface area contributed by atoms with Crippen LogP contribution in [0.5, 0.6) is 0 Å². The molecule has 2 aliphatic heterocycles. The summed E-state index contributed by atoms with van der Waals surface area (Å²) in [5.74, 6) is 2.79. The molecule has 0 N–H and O–H groups in total. The number of ether oxygens (including phenoxy) is 1. The van der Waals surface area contributed by atoms with E-state index < -0.39 is 0 Å². The maximum Gasteiger partial charge on any atom is 0.0908 e. The van der Waals surface area contributed by atoms with Crippen LogP contribution in [0.4, 0.5) is 0 Å². The van der Waals surface area contributed by atoms with Gasteiger partial charge in [-0.3, -0.25) is 0 Å². The average molecular weight is 190 g/mol. The summed E-state index contributed by atoms with van der Waals surface area (Å²) in [6.45, 7) is 0.889. The monoisotopic (exact) mass is 190 g/mol. The van der Waals surface area contributed by atoms with Crippen molar-refractivity contribution in [1.82, 2.24) is 0 Å². The SMILES string of the molecule is C1=COCC1.C1CSCSC1. The molecular weight excluding hydrogens is 176 g/mol. The Morgan fingerprint density at radius 3 is 2.18 bits per heavy atom. The first-order chi connectivity index (χ1) is 5.50. The van der Waals surface area contributed by atoms with Gasteiger partial charge in [-0.05, 0) is 24.0 Å². The molecule has 1 saturated heterocycles. The predicted octanol–water partition coefficient (Wildman–Crippen LogP) is 2.73. The van der Waals surface area contributed by atoms with Gasteiger partial charge < -0.3 is 4.74 Å². The minimum Gasteiger partial charge on any atom is -0.501 e. The van der Waals surface area contributed by atoms with Crippen LogP contribution in [0.25, 0.3) is 0 Å². The fourth-order valence-corrected chi connectivity index (χ4v) is 3.07. The van der Waals surface area contributed by atoms with Crippen molar-refractivity contribution in [2.24, 2.45) is 0 Å². The molecule has 0 unspecified atom stereocenters. The lowest BCUT2D eigenvalue weighted by Crippen LogP contribution is -1.90. The maximum absolute atomic E-state index is 4.76. The Hall–Kier alpha value is 0.240. The molecule has 2 heterocycles. The molecule has 2 aliphatic rings. The Morgan fingerprint density at radius 1 is 1.18 bits per heavy atom. The molecule has 0 radical (unpaired) electrons. The highest BCUT2D eigenvalue weighted by atomic mass is 32.2. The van der Waals surface area contributed by atoms with Crippen LogP contribution in [0.1, 0.15) is 12.8 Å². The molecule has 0 aliphatic carbocycles. The van der Waals surface area contributed by atoms with Gasteiger partial charge in [0.15, 0.2) is 0 Å². The van der Waals surface area contributed by atoms with Crippen molar-refractivity contribution in [2.45, 2.75) is 12.8 Å². The van der Waals surface area contributed by atoms with E-state index >= 15 is 0 Å². The normalized spacial score (nSPS) is 21.8. The minimum atomic E-state index is 0.889. The van der Waals surface area contributed by atoms with Gasteiger partial charge in [0.05, 0.1) is 12.9 Å². The second-order valence-electron chi connectivity index (χ2n) is 2.32. The van der Waals surface area contributed by atoms with Crippen LogP contribution in [0.2, 0.25) is 0 Å². The summed E-state index contributed by atoms with van der Waals surface area (Å²) >= 11 is 4.12. The molecule has 0 aromatic carbocycles. The summed E-state index contributed by atoms with van der Waals surface area (Å²) in [6, 6.07) is 0. The Bertz CT molecular complexity index is 93.1. The molecule has 0 saturated carbocycles. The molecule has 3 heteroatoms. The Morgan fingerprint density at radius 2 is 2.00 bits per heavy atom. The van der Waals surface area contributed by atoms with Gasteiger partial charge in [0.25, 0.3) is 0 Å². The van der Waals surface area contributed by atoms with Gasteiger partial charge >= 0.3 is 0 Å². The van der Waals surface area contributed by atoms with Crippen molar-refractivity contribution in [2.75, 3.05) is 23.2 Å². The summed E-state index contributed by atoms with van der Waals surface area (Å²) in [7, 11) is 0. The molecule has 1 fully saturated rings. The molecule has 2 rings (SSSR count). The summed E-state index contributed by atoms with van der Waals surface area (Å²) < 4.78 is 4.76. The van der Waals surface area contributed by atoms with E-state index in [0.717, 1.165) is 13.0 Å². The first kappa shape index (κ1) is 9.33. The van der Waals surface area contributed by atoms with Gasteiger partial charge in [0.2, 0.25) is 0 Å². The number of thioether (sulfide) groups is 2. The van der Waals surface area contributed by atoms with E-state index in [2.05, 4.69) is 23.5 Å². The number of hydrogen-bond donors (Lipinski definition) is 0. The molecule has 0 aromatic heterocycles. The van der Waals surface area contributed by atoms with Crippen molar-refractivity contribution in [1.29, 1.82) is 0 Å². The highest BCUT2D eigenvalue weighted by Crippen LogP contribution is 2.19. The molecule has 0 atom stereocenters. The lowest BCUT2D eigenvalue weighted by Gasteiger charge is -2.05. The van der Waals surface area contributed by atoms with E-state index in [1.807, 2.05) is 6.08 Å². The molecule has 0 amide bonds. The van der Waals surface area contributed by atoms with Crippen LogP contribution < -0.4 is 0 Å². The van der Waals surface area contributed by atoms with Crippen LogP contribution in [0.3, 0.4) is 0 Å². The summed E-state index contributed by atoms with van der Waals surface area (Å²) in [6.07, 6.45) is 6.27. The van der Waals surface area contributed by atoms with Crippen molar-refractivity contribution >= 4 is 23.5 Å². The first-order valence-electron chi connectivity index (χ1n) is 3.92. The first-order valence-corrected chi connectivity index (χ1v) is 6.23. The Kier molecular flexibility index (Phi) is 5.87. The van der Waals surface area contributed by atoms with Crippen LogP contribution in [0, 0.1) is 0 Å². The van der Waals surface area contributed by atoms with E-state index in [-0.39, 0.29) is 0 Å². The van der Waals surface area contributed by atoms with Crippen LogP contribution in [-0.4, -0.2) is 23.2 Å². The fourth-order valence-electron chi connectivity index (χ4n) is 0.780. The molecular formula is C8H14OS2. The van der Waals surface area contributed by atoms with E-state index in [0.29, 0.717) is 0 Å². The highest BCUT2D eigenvalue weighted by molar-refractivity contribution is 8.16. The molecule has 0 aromatic rings. The van der Waals surface area contributed by atoms with E-state index in [1.54, 1.807) is 6.26 Å². The zero-order valence-corrected chi connectivity index (χ0v) is 8.26. The third kappa shape index (κ3) is 5.50. The number of hydrogen-bond acceptors (Lipinski definition) is 3. The Balaban J connectivity index is 0.000000112. The van der Waals surface area contributed by atoms with Gasteiger partial charge in [-0.15, -0.1) is 0 Å². The van der Waals surface area contributed by atoms with E-state index in [4.69, 9.17) is 4.74 Å². The lowest BCUT2D eigenvalue weighted by molar-refractivity contribution is 0.281. The number of rotatable bonds is 0. The van der Waals surface area contributed by atoms with Crippen molar-refractivity contribution in [3.8, 4) is 0 Å². The summed E-state index contributed by atoms with van der Waals surface area (Å²) in [4.78, 5) is 0. The Labute approximate surface area is 77.0 Å². The molecule has 1 nitrogen and oxygen atoms in total. The van der Waals surface area contributed by atoms with Gasteiger partial charge in [0.1, 0.15) is 0 Å². The van der Waals surface area contributed by atoms with Crippen LogP contribution in [-0.2, 0) is 4.74 Å². The quantitative estimate of drug-likeness (QED) is 0.581. The summed E-state index contributed by atoms with van der Waals surface area (Å²) in [5, 5.41) is 1.33. The standard InChI is InChI=1S/C4H6O.C4H8S2/c1-2-4-5-3-1;1-2-5-4-6-3-1/h1,3H,2,4H2;1-4H2. The molecule has 11 heavy (non-hydrogen) atoms. The third-order valence-corrected chi connectivity index (χ3v) is 3.83. The van der Waals surface area contributed by atoms with Crippen LogP contribution in [0.15, 0.2) is 12.3 Å². The van der Waals surface area contributed by atoms with Gasteiger partial charge in [-0.25, -0.2) is 0 Å². The van der Waals surface area contributed by atoms with Crippen molar-refractivity contribution in [3.63, 3.8) is 0 Å². The maximum atomic E-state index is 4.76. The highest BCUT2D eigenvalue weighted by Gasteiger charge is 1.95. The third-order valence-electron chi connectivity index (χ3n) is 1.34. The van der Waals surface area contributed by atoms with Crippen molar-refractivity contribution < 1.29 is 4.74 Å². The fraction of sp³-hybridized carbons (Fsp3) is 0.750. The second kappa shape index (κ2) is 6.92. The molecule has 0 bridgehead atoms. The molecule has 0 spiro atoms. The second-order valence-corrected chi connectivity index (χ2v) is 4.89. The smallest absolute Gasteiger partial charge is 0.0908 e. The zero-order chi connectivity index (χ0) is 7.78. The largest absolute Gasteiger partial charge is 0.501 e. The van der Waals surface area contributed by atoms with Crippen molar-refractivity contribution in [3.05, 3.63) is 12.3 Å². The minimum absolute atomic E-state index is 0.889. The van der Waals surface area contributed by atoms with Gasteiger partial charge in [-0.1, -0.05) is 0 Å². The van der Waals surface area contributed by atoms with E-state index in [9.17, 15) is 0 Å². The lowest BCUT2D eigenvalue weighted by atomic mass is 10.5. The van der Waals surface area contributed by atoms with Gasteiger partial charge in [0, 0.05) is 11.5 Å². The molecule has 64 valence electrons. The van der Waals surface area contributed by atoms with Gasteiger partial charge in [-0.2, -0.15) is 23.5 Å².